The molecule has 0 radical (unpaired) electrons. The van der Waals surface area contributed by atoms with Gasteiger partial charge in [0.05, 0.1) is 11.2 Å². The molecule has 7 heteroatoms. The van der Waals surface area contributed by atoms with Crippen LogP contribution in [0.15, 0.2) is 70.2 Å². The maximum atomic E-state index is 12.6. The molecular weight excluding hydrogens is 364 g/mol. The quantitative estimate of drug-likeness (QED) is 0.748. The van der Waals surface area contributed by atoms with Gasteiger partial charge in [0.1, 0.15) is 0 Å². The average molecular weight is 382 g/mol. The summed E-state index contributed by atoms with van der Waals surface area (Å²) in [6.45, 7) is 2.38. The largest absolute Gasteiger partial charge is 0.459 e. The third-order valence-electron chi connectivity index (χ3n) is 4.50. The molecule has 3 aromatic rings. The van der Waals surface area contributed by atoms with Crippen molar-refractivity contribution in [3.05, 3.63) is 77.7 Å². The van der Waals surface area contributed by atoms with Gasteiger partial charge in [0.15, 0.2) is 5.76 Å². The van der Waals surface area contributed by atoms with Crippen LogP contribution >= 0.6 is 0 Å². The van der Waals surface area contributed by atoms with Crippen molar-refractivity contribution in [3.8, 4) is 0 Å². The fourth-order valence-corrected chi connectivity index (χ4v) is 4.36. The Labute approximate surface area is 157 Å². The number of carbonyl (C=O) groups excluding carboxylic acids is 1. The summed E-state index contributed by atoms with van der Waals surface area (Å²) >= 11 is 0. The van der Waals surface area contributed by atoms with E-state index in [1.165, 1.54) is 6.26 Å². The van der Waals surface area contributed by atoms with Crippen LogP contribution in [-0.2, 0) is 16.4 Å². The van der Waals surface area contributed by atoms with Crippen molar-refractivity contribution in [2.45, 2.75) is 18.2 Å². The number of rotatable bonds is 4. The van der Waals surface area contributed by atoms with Crippen LogP contribution in [0.1, 0.15) is 21.7 Å². The van der Waals surface area contributed by atoms with Gasteiger partial charge in [-0.2, -0.15) is 0 Å². The monoisotopic (exact) mass is 382 g/mol. The van der Waals surface area contributed by atoms with Crippen molar-refractivity contribution >= 4 is 27.3 Å². The van der Waals surface area contributed by atoms with Crippen LogP contribution in [0.25, 0.3) is 0 Å². The highest BCUT2D eigenvalue weighted by Gasteiger charge is 2.27. The highest BCUT2D eigenvalue weighted by molar-refractivity contribution is 7.92. The van der Waals surface area contributed by atoms with Crippen LogP contribution in [0, 0.1) is 6.92 Å². The van der Waals surface area contributed by atoms with E-state index in [9.17, 15) is 13.2 Å². The second kappa shape index (κ2) is 6.59. The van der Waals surface area contributed by atoms with Gasteiger partial charge in [-0.25, -0.2) is 8.42 Å². The minimum Gasteiger partial charge on any atom is -0.459 e. The van der Waals surface area contributed by atoms with E-state index in [-0.39, 0.29) is 16.6 Å². The molecule has 0 aliphatic carbocycles. The third kappa shape index (κ3) is 3.33. The van der Waals surface area contributed by atoms with Gasteiger partial charge in [-0.1, -0.05) is 12.1 Å². The van der Waals surface area contributed by atoms with Crippen molar-refractivity contribution in [2.75, 3.05) is 16.2 Å². The smallest absolute Gasteiger partial charge is 0.293 e. The minimum atomic E-state index is -3.66. The maximum Gasteiger partial charge on any atom is 0.293 e. The molecule has 1 aromatic heterocycles. The summed E-state index contributed by atoms with van der Waals surface area (Å²) in [7, 11) is -3.66. The first kappa shape index (κ1) is 17.4. The number of hydrogen-bond acceptors (Lipinski definition) is 4. The summed E-state index contributed by atoms with van der Waals surface area (Å²) in [6.07, 6.45) is 2.12. The number of nitrogens with one attached hydrogen (secondary N) is 1. The van der Waals surface area contributed by atoms with Gasteiger partial charge in [-0.3, -0.25) is 9.52 Å². The highest BCUT2D eigenvalue weighted by Crippen LogP contribution is 2.32. The second-order valence-corrected chi connectivity index (χ2v) is 8.13. The molecule has 6 nitrogen and oxygen atoms in total. The van der Waals surface area contributed by atoms with Gasteiger partial charge >= 0.3 is 0 Å². The Morgan fingerprint density at radius 1 is 1.11 bits per heavy atom. The van der Waals surface area contributed by atoms with Crippen LogP contribution in [0.4, 0.5) is 11.4 Å². The van der Waals surface area contributed by atoms with Crippen LogP contribution in [-0.4, -0.2) is 20.9 Å². The Morgan fingerprint density at radius 2 is 1.96 bits per heavy atom. The lowest BCUT2D eigenvalue weighted by Crippen LogP contribution is -2.28. The van der Waals surface area contributed by atoms with Crippen molar-refractivity contribution in [2.24, 2.45) is 0 Å². The highest BCUT2D eigenvalue weighted by atomic mass is 32.2. The molecule has 0 bridgehead atoms. The summed E-state index contributed by atoms with van der Waals surface area (Å²) in [5.74, 6) is 0.0823. The molecule has 0 unspecified atom stereocenters. The van der Waals surface area contributed by atoms with E-state index in [1.807, 2.05) is 13.0 Å². The molecule has 0 spiro atoms. The summed E-state index contributed by atoms with van der Waals surface area (Å²) in [6, 6.07) is 15.3. The number of aryl methyl sites for hydroxylation is 1. The van der Waals surface area contributed by atoms with Crippen molar-refractivity contribution in [1.29, 1.82) is 0 Å². The first-order valence-corrected chi connectivity index (χ1v) is 10.0. The van der Waals surface area contributed by atoms with Crippen LogP contribution in [0.2, 0.25) is 0 Å². The molecule has 2 heterocycles. The topological polar surface area (TPSA) is 79.6 Å². The molecule has 138 valence electrons. The van der Waals surface area contributed by atoms with Gasteiger partial charge in [0.2, 0.25) is 0 Å². The maximum absolute atomic E-state index is 12.6. The SMILES string of the molecule is Cc1cccc(S(=O)(=O)Nc2ccc3c(c2)CCN3C(=O)c2ccco2)c1. The fraction of sp³-hybridized carbons (Fsp3) is 0.150. The normalized spacial score (nSPS) is 13.4. The van der Waals surface area contributed by atoms with Gasteiger partial charge in [-0.15, -0.1) is 0 Å². The first-order valence-electron chi connectivity index (χ1n) is 8.52. The Hall–Kier alpha value is -3.06. The predicted octanol–water partition coefficient (Wildman–Crippen LogP) is 3.59. The molecule has 0 saturated heterocycles. The van der Waals surface area contributed by atoms with Crippen molar-refractivity contribution in [1.82, 2.24) is 0 Å². The van der Waals surface area contributed by atoms with Crippen LogP contribution < -0.4 is 9.62 Å². The Kier molecular flexibility index (Phi) is 4.24. The van der Waals surface area contributed by atoms with Gasteiger partial charge < -0.3 is 9.32 Å². The van der Waals surface area contributed by atoms with E-state index in [4.69, 9.17) is 4.42 Å². The Bertz CT molecular complexity index is 1100. The molecule has 0 atom stereocenters. The lowest BCUT2D eigenvalue weighted by molar-refractivity contribution is 0.0963. The molecule has 1 aliphatic heterocycles. The zero-order chi connectivity index (χ0) is 19.0. The minimum absolute atomic E-state index is 0.202. The van der Waals surface area contributed by atoms with Crippen LogP contribution in [0.3, 0.4) is 0 Å². The van der Waals surface area contributed by atoms with Crippen molar-refractivity contribution < 1.29 is 17.6 Å². The molecule has 1 amide bonds. The lowest BCUT2D eigenvalue weighted by Gasteiger charge is -2.16. The standard InChI is InChI=1S/C20H18N2O4S/c1-14-4-2-5-17(12-14)27(24,25)21-16-7-8-18-15(13-16)9-10-22(18)20(23)19-6-3-11-26-19/h2-8,11-13,21H,9-10H2,1H3. The number of sulfonamides is 1. The van der Waals surface area contributed by atoms with E-state index in [0.29, 0.717) is 18.7 Å². The number of furan rings is 1. The number of amides is 1. The molecule has 0 saturated carbocycles. The Morgan fingerprint density at radius 3 is 2.70 bits per heavy atom. The van der Waals surface area contributed by atoms with Gasteiger partial charge in [-0.05, 0) is 66.9 Å². The zero-order valence-electron chi connectivity index (χ0n) is 14.7. The van der Waals surface area contributed by atoms with E-state index < -0.39 is 10.0 Å². The van der Waals surface area contributed by atoms with Crippen molar-refractivity contribution in [3.63, 3.8) is 0 Å². The van der Waals surface area contributed by atoms with E-state index >= 15 is 0 Å². The number of fused-ring (bicyclic) bond motifs is 1. The molecule has 2 aromatic carbocycles. The van der Waals surface area contributed by atoms with Crippen LogP contribution in [0.5, 0.6) is 0 Å². The predicted molar refractivity (Wildman–Crippen MR) is 103 cm³/mol. The number of nitrogens with zero attached hydrogens (tertiary/aromatic N) is 1. The molecular formula is C20H18N2O4S. The average Bonchev–Trinajstić information content (AvgIpc) is 3.30. The zero-order valence-corrected chi connectivity index (χ0v) is 15.5. The summed E-state index contributed by atoms with van der Waals surface area (Å²) in [4.78, 5) is 14.4. The molecule has 1 N–H and O–H groups in total. The Balaban J connectivity index is 1.58. The van der Waals surface area contributed by atoms with E-state index in [1.54, 1.807) is 53.4 Å². The molecule has 1 aliphatic rings. The fourth-order valence-electron chi connectivity index (χ4n) is 3.21. The van der Waals surface area contributed by atoms with Gasteiger partial charge in [0, 0.05) is 17.9 Å². The van der Waals surface area contributed by atoms with Gasteiger partial charge in [0.25, 0.3) is 15.9 Å². The van der Waals surface area contributed by atoms with E-state index in [0.717, 1.165) is 16.8 Å². The first-order chi connectivity index (χ1) is 12.9. The number of benzene rings is 2. The lowest BCUT2D eigenvalue weighted by atomic mass is 10.1. The third-order valence-corrected chi connectivity index (χ3v) is 5.88. The summed E-state index contributed by atoms with van der Waals surface area (Å²) in [5, 5.41) is 0. The number of anilines is 2. The second-order valence-electron chi connectivity index (χ2n) is 6.45. The molecule has 0 fully saturated rings. The number of carbonyl (C=O) groups is 1. The molecule has 4 rings (SSSR count). The van der Waals surface area contributed by atoms with E-state index in [2.05, 4.69) is 4.72 Å². The summed E-state index contributed by atoms with van der Waals surface area (Å²) < 4.78 is 33.0. The number of hydrogen-bond donors (Lipinski definition) is 1. The molecule has 27 heavy (non-hydrogen) atoms. The summed E-state index contributed by atoms with van der Waals surface area (Å²) in [5.41, 5.74) is 3.04.